The van der Waals surface area contributed by atoms with Crippen molar-refractivity contribution in [1.29, 1.82) is 0 Å². The lowest BCUT2D eigenvalue weighted by Crippen LogP contribution is -2.36. The number of benzene rings is 1. The molecule has 0 saturated carbocycles. The second kappa shape index (κ2) is 9.15. The predicted octanol–water partition coefficient (Wildman–Crippen LogP) is 3.01. The third-order valence-corrected chi connectivity index (χ3v) is 7.12. The molecular weight excluding hydrogens is 454 g/mol. The Hall–Kier alpha value is -3.30. The SMILES string of the molecule is CC(=O)N(C)c1cnn(C(=O)N2CC3CN(Cc4ccc(-c5cccnn5)cc4Cl)CC3C2)c1. The van der Waals surface area contributed by atoms with Gasteiger partial charge < -0.3 is 9.80 Å². The fourth-order valence-corrected chi connectivity index (χ4v) is 5.06. The molecule has 0 spiro atoms. The zero-order valence-electron chi connectivity index (χ0n) is 19.1. The van der Waals surface area contributed by atoms with Gasteiger partial charge in [0.15, 0.2) is 0 Å². The first kappa shape index (κ1) is 22.5. The van der Waals surface area contributed by atoms with Crippen LogP contribution in [0, 0.1) is 11.8 Å². The van der Waals surface area contributed by atoms with Crippen molar-refractivity contribution in [2.45, 2.75) is 13.5 Å². The minimum absolute atomic E-state index is 0.105. The summed E-state index contributed by atoms with van der Waals surface area (Å²) in [6.07, 6.45) is 4.80. The zero-order valence-corrected chi connectivity index (χ0v) is 19.9. The van der Waals surface area contributed by atoms with Gasteiger partial charge in [0.2, 0.25) is 5.91 Å². The van der Waals surface area contributed by atoms with Crippen LogP contribution in [0.1, 0.15) is 12.5 Å². The van der Waals surface area contributed by atoms with E-state index in [1.165, 1.54) is 22.7 Å². The van der Waals surface area contributed by atoms with Gasteiger partial charge in [-0.25, -0.2) is 4.79 Å². The summed E-state index contributed by atoms with van der Waals surface area (Å²) in [5.74, 6) is 0.749. The molecule has 2 unspecified atom stereocenters. The maximum Gasteiger partial charge on any atom is 0.344 e. The predicted molar refractivity (Wildman–Crippen MR) is 128 cm³/mol. The third kappa shape index (κ3) is 4.41. The molecule has 0 bridgehead atoms. The van der Waals surface area contributed by atoms with Crippen LogP contribution in [0.5, 0.6) is 0 Å². The number of hydrogen-bond acceptors (Lipinski definition) is 6. The standard InChI is InChI=1S/C24H26ClN7O2/c1-16(33)29(2)21-9-27-32(15-21)24(34)31-13-19-11-30(12-20(19)14-31)10-18-6-5-17(8-22(18)25)23-4-3-7-26-28-23/h3-9,15,19-20H,10-14H2,1-2H3. The summed E-state index contributed by atoms with van der Waals surface area (Å²) in [5, 5.41) is 13.0. The number of carbonyl (C=O) groups excluding carboxylic acids is 2. The molecule has 2 aliphatic heterocycles. The van der Waals surface area contributed by atoms with Gasteiger partial charge in [0.25, 0.3) is 0 Å². The lowest BCUT2D eigenvalue weighted by atomic mass is 10.0. The average molecular weight is 480 g/mol. The van der Waals surface area contributed by atoms with Crippen molar-refractivity contribution in [3.8, 4) is 11.3 Å². The van der Waals surface area contributed by atoms with Gasteiger partial charge in [0, 0.05) is 63.5 Å². The summed E-state index contributed by atoms with van der Waals surface area (Å²) < 4.78 is 1.33. The molecule has 9 nitrogen and oxygen atoms in total. The summed E-state index contributed by atoms with van der Waals surface area (Å²) >= 11 is 6.59. The summed E-state index contributed by atoms with van der Waals surface area (Å²) in [6, 6.07) is 9.66. The van der Waals surface area contributed by atoms with Gasteiger partial charge >= 0.3 is 6.03 Å². The first-order valence-electron chi connectivity index (χ1n) is 11.3. The Morgan fingerprint density at radius 2 is 1.91 bits per heavy atom. The minimum atomic E-state index is -0.146. The highest BCUT2D eigenvalue weighted by molar-refractivity contribution is 6.31. The van der Waals surface area contributed by atoms with Crippen LogP contribution in [0.3, 0.4) is 0 Å². The minimum Gasteiger partial charge on any atom is -0.322 e. The largest absolute Gasteiger partial charge is 0.344 e. The van der Waals surface area contributed by atoms with E-state index in [9.17, 15) is 9.59 Å². The van der Waals surface area contributed by atoms with Crippen LogP contribution in [0.25, 0.3) is 11.3 Å². The van der Waals surface area contributed by atoms with Gasteiger partial charge in [-0.2, -0.15) is 20.0 Å². The van der Waals surface area contributed by atoms with E-state index in [0.29, 0.717) is 30.6 Å². The number of hydrogen-bond donors (Lipinski definition) is 0. The van der Waals surface area contributed by atoms with Crippen LogP contribution >= 0.6 is 11.6 Å². The van der Waals surface area contributed by atoms with E-state index in [1.54, 1.807) is 19.4 Å². The van der Waals surface area contributed by atoms with Gasteiger partial charge in [0.1, 0.15) is 0 Å². The summed E-state index contributed by atoms with van der Waals surface area (Å²) in [6.45, 7) is 5.52. The first-order chi connectivity index (χ1) is 16.4. The maximum absolute atomic E-state index is 12.9. The number of amides is 2. The lowest BCUT2D eigenvalue weighted by molar-refractivity contribution is -0.116. The second-order valence-corrected chi connectivity index (χ2v) is 9.45. The number of fused-ring (bicyclic) bond motifs is 1. The first-order valence-corrected chi connectivity index (χ1v) is 11.6. The van der Waals surface area contributed by atoms with Crippen molar-refractivity contribution in [3.05, 3.63) is 59.5 Å². The number of nitrogens with zero attached hydrogens (tertiary/aromatic N) is 7. The van der Waals surface area contributed by atoms with E-state index in [4.69, 9.17) is 11.6 Å². The summed E-state index contributed by atoms with van der Waals surface area (Å²) in [7, 11) is 1.67. The second-order valence-electron chi connectivity index (χ2n) is 9.04. The van der Waals surface area contributed by atoms with Crippen molar-refractivity contribution < 1.29 is 9.59 Å². The Balaban J connectivity index is 1.18. The molecule has 2 fully saturated rings. The molecule has 0 N–H and O–H groups in total. The molecule has 3 aromatic rings. The van der Waals surface area contributed by atoms with E-state index in [0.717, 1.165) is 41.5 Å². The van der Waals surface area contributed by atoms with Gasteiger partial charge in [-0.15, -0.1) is 0 Å². The van der Waals surface area contributed by atoms with E-state index in [1.807, 2.05) is 29.2 Å². The number of carbonyl (C=O) groups is 2. The number of rotatable bonds is 4. The number of likely N-dealkylation sites (tertiary alicyclic amines) is 2. The van der Waals surface area contributed by atoms with Gasteiger partial charge in [-0.1, -0.05) is 23.7 Å². The van der Waals surface area contributed by atoms with Crippen LogP contribution in [-0.4, -0.2) is 74.9 Å². The maximum atomic E-state index is 12.9. The molecule has 5 rings (SSSR count). The molecule has 34 heavy (non-hydrogen) atoms. The van der Waals surface area contributed by atoms with Crippen LogP contribution in [0.15, 0.2) is 48.9 Å². The molecule has 2 atom stereocenters. The fourth-order valence-electron chi connectivity index (χ4n) is 4.82. The van der Waals surface area contributed by atoms with Crippen LogP contribution in [-0.2, 0) is 11.3 Å². The van der Waals surface area contributed by atoms with Crippen molar-refractivity contribution in [2.75, 3.05) is 38.1 Å². The lowest BCUT2D eigenvalue weighted by Gasteiger charge is -2.22. The van der Waals surface area contributed by atoms with Crippen LogP contribution in [0.4, 0.5) is 10.5 Å². The monoisotopic (exact) mass is 479 g/mol. The fraction of sp³-hybridized carbons (Fsp3) is 0.375. The average Bonchev–Trinajstić information content (AvgIpc) is 3.55. The molecule has 10 heteroatoms. The summed E-state index contributed by atoms with van der Waals surface area (Å²) in [4.78, 5) is 30.2. The van der Waals surface area contributed by atoms with E-state index in [-0.39, 0.29) is 11.9 Å². The molecule has 2 saturated heterocycles. The molecule has 1 aromatic carbocycles. The molecular formula is C24H26ClN7O2. The molecule has 2 amide bonds. The topological polar surface area (TPSA) is 87.5 Å². The van der Waals surface area contributed by atoms with E-state index >= 15 is 0 Å². The van der Waals surface area contributed by atoms with Crippen molar-refractivity contribution in [1.82, 2.24) is 29.8 Å². The summed E-state index contributed by atoms with van der Waals surface area (Å²) in [5.41, 5.74) is 3.44. The Morgan fingerprint density at radius 1 is 1.15 bits per heavy atom. The van der Waals surface area contributed by atoms with Gasteiger partial charge in [-0.3, -0.25) is 9.69 Å². The van der Waals surface area contributed by atoms with E-state index < -0.39 is 0 Å². The van der Waals surface area contributed by atoms with Crippen molar-refractivity contribution >= 4 is 29.2 Å². The molecule has 0 radical (unpaired) electrons. The van der Waals surface area contributed by atoms with E-state index in [2.05, 4.69) is 26.3 Å². The Bertz CT molecular complexity index is 1200. The number of halogens is 1. The highest BCUT2D eigenvalue weighted by Gasteiger charge is 2.42. The quantitative estimate of drug-likeness (QED) is 0.571. The molecule has 2 aromatic heterocycles. The van der Waals surface area contributed by atoms with Crippen molar-refractivity contribution in [3.63, 3.8) is 0 Å². The molecule has 0 aliphatic carbocycles. The zero-order chi connectivity index (χ0) is 23.8. The smallest absolute Gasteiger partial charge is 0.322 e. The number of aromatic nitrogens is 4. The van der Waals surface area contributed by atoms with Crippen molar-refractivity contribution in [2.24, 2.45) is 11.8 Å². The highest BCUT2D eigenvalue weighted by Crippen LogP contribution is 2.33. The Kier molecular flexibility index (Phi) is 6.05. The van der Waals surface area contributed by atoms with Gasteiger partial charge in [0.05, 0.1) is 23.8 Å². The molecule has 2 aliphatic rings. The third-order valence-electron chi connectivity index (χ3n) is 6.77. The Morgan fingerprint density at radius 3 is 2.56 bits per heavy atom. The highest BCUT2D eigenvalue weighted by atomic mass is 35.5. The Labute approximate surface area is 202 Å². The van der Waals surface area contributed by atoms with Crippen LogP contribution < -0.4 is 4.90 Å². The molecule has 176 valence electrons. The normalized spacial score (nSPS) is 19.9. The number of anilines is 1. The van der Waals surface area contributed by atoms with Crippen LogP contribution in [0.2, 0.25) is 5.02 Å². The molecule has 4 heterocycles. The van der Waals surface area contributed by atoms with Gasteiger partial charge in [-0.05, 0) is 35.6 Å².